The maximum atomic E-state index is 13.8. The van der Waals surface area contributed by atoms with Gasteiger partial charge in [0.1, 0.15) is 11.9 Å². The average molecular weight is 549 g/mol. The number of amidine groups is 1. The van der Waals surface area contributed by atoms with Crippen molar-refractivity contribution in [3.05, 3.63) is 74.1 Å². The largest absolute Gasteiger partial charge is 0.478 e. The topological polar surface area (TPSA) is 113 Å². The number of nitrogens with one attached hydrogen (secondary N) is 1. The number of aliphatic imine (C=N–C) groups is 1. The number of carbonyl (C=O) groups excluding carboxylic acids is 1. The SMILES string of the molecule is CCOC(=O)C1=C(CN2CCOC(/C=C(\C)C(=O)O)C2)NC(c2nccs2)=NC1c1ccc(F)cc1Cl. The summed E-state index contributed by atoms with van der Waals surface area (Å²) in [6.07, 6.45) is 2.81. The number of aromatic nitrogens is 1. The van der Waals surface area contributed by atoms with Gasteiger partial charge >= 0.3 is 11.9 Å². The Morgan fingerprint density at radius 3 is 2.92 bits per heavy atom. The number of ether oxygens (including phenoxy) is 2. The molecule has 0 radical (unpaired) electrons. The van der Waals surface area contributed by atoms with Gasteiger partial charge in [-0.05, 0) is 32.1 Å². The van der Waals surface area contributed by atoms with Gasteiger partial charge in [-0.3, -0.25) is 9.89 Å². The molecule has 0 bridgehead atoms. The second kappa shape index (κ2) is 12.0. The Bertz CT molecular complexity index is 1260. The van der Waals surface area contributed by atoms with E-state index in [2.05, 4.69) is 15.2 Å². The zero-order valence-corrected chi connectivity index (χ0v) is 21.8. The van der Waals surface area contributed by atoms with Gasteiger partial charge in [0.2, 0.25) is 0 Å². The molecule has 2 aliphatic rings. The lowest BCUT2D eigenvalue weighted by molar-refractivity contribution is -0.139. The van der Waals surface area contributed by atoms with Crippen molar-refractivity contribution in [3.8, 4) is 0 Å². The molecule has 2 atom stereocenters. The van der Waals surface area contributed by atoms with Gasteiger partial charge in [0, 0.05) is 53.1 Å². The highest BCUT2D eigenvalue weighted by Gasteiger charge is 2.35. The fraction of sp³-hybridized carbons (Fsp3) is 0.360. The molecule has 1 fully saturated rings. The Hall–Kier alpha value is -3.12. The standard InChI is InChI=1S/C25H26ClFN4O5S/c1-3-35-25(34)20-19(13-31-7-8-36-16(12-31)10-14(2)24(32)33)29-22(23-28-6-9-37-23)30-21(20)17-5-4-15(27)11-18(17)26/h4-6,9-11,16,21H,3,7-8,12-13H2,1-2H3,(H,29,30)(H,32,33)/b14-10+. The third-order valence-corrected chi connectivity index (χ3v) is 6.95. The average Bonchev–Trinajstić information content (AvgIpc) is 3.39. The van der Waals surface area contributed by atoms with E-state index in [1.54, 1.807) is 19.2 Å². The molecule has 2 unspecified atom stereocenters. The highest BCUT2D eigenvalue weighted by atomic mass is 35.5. The normalized spacial score (nSPS) is 20.9. The van der Waals surface area contributed by atoms with Gasteiger partial charge < -0.3 is 19.9 Å². The maximum absolute atomic E-state index is 13.8. The van der Waals surface area contributed by atoms with Crippen LogP contribution >= 0.6 is 22.9 Å². The molecule has 2 aromatic rings. The smallest absolute Gasteiger partial charge is 0.338 e. The predicted octanol–water partition coefficient (Wildman–Crippen LogP) is 3.58. The Balaban J connectivity index is 1.74. The fourth-order valence-corrected chi connectivity index (χ4v) is 4.98. The first-order valence-electron chi connectivity index (χ1n) is 11.6. The van der Waals surface area contributed by atoms with Crippen LogP contribution in [-0.2, 0) is 19.1 Å². The van der Waals surface area contributed by atoms with Crippen molar-refractivity contribution in [2.75, 3.05) is 32.8 Å². The molecular formula is C25H26ClFN4O5S. The molecule has 37 heavy (non-hydrogen) atoms. The molecule has 0 saturated carbocycles. The van der Waals surface area contributed by atoms with Crippen molar-refractivity contribution in [3.63, 3.8) is 0 Å². The summed E-state index contributed by atoms with van der Waals surface area (Å²) in [5.74, 6) is -1.62. The van der Waals surface area contributed by atoms with E-state index in [0.29, 0.717) is 48.3 Å². The van der Waals surface area contributed by atoms with Gasteiger partial charge in [-0.2, -0.15) is 0 Å². The van der Waals surface area contributed by atoms with Crippen LogP contribution in [-0.4, -0.2) is 71.7 Å². The van der Waals surface area contributed by atoms with Crippen LogP contribution in [0.3, 0.4) is 0 Å². The lowest BCUT2D eigenvalue weighted by atomic mass is 9.95. The van der Waals surface area contributed by atoms with Crippen LogP contribution in [0.2, 0.25) is 5.02 Å². The monoisotopic (exact) mass is 548 g/mol. The molecule has 9 nitrogen and oxygen atoms in total. The highest BCUT2D eigenvalue weighted by molar-refractivity contribution is 7.11. The summed E-state index contributed by atoms with van der Waals surface area (Å²) >= 11 is 7.79. The number of carbonyl (C=O) groups is 2. The molecule has 2 aliphatic heterocycles. The number of hydrogen-bond acceptors (Lipinski definition) is 9. The fourth-order valence-electron chi connectivity index (χ4n) is 4.12. The summed E-state index contributed by atoms with van der Waals surface area (Å²) in [4.78, 5) is 35.7. The van der Waals surface area contributed by atoms with Crippen molar-refractivity contribution in [2.45, 2.75) is 26.0 Å². The first kappa shape index (κ1) is 26.9. The lowest BCUT2D eigenvalue weighted by Crippen LogP contribution is -2.46. The molecular weight excluding hydrogens is 523 g/mol. The zero-order valence-electron chi connectivity index (χ0n) is 20.2. The van der Waals surface area contributed by atoms with Gasteiger partial charge in [-0.25, -0.2) is 19.0 Å². The van der Waals surface area contributed by atoms with Crippen LogP contribution in [0, 0.1) is 5.82 Å². The molecule has 4 rings (SSSR count). The lowest BCUT2D eigenvalue weighted by Gasteiger charge is -2.35. The van der Waals surface area contributed by atoms with E-state index in [4.69, 9.17) is 26.1 Å². The van der Waals surface area contributed by atoms with Crippen LogP contribution < -0.4 is 5.32 Å². The third kappa shape index (κ3) is 6.42. The molecule has 0 aliphatic carbocycles. The minimum Gasteiger partial charge on any atom is -0.478 e. The number of thiazole rings is 1. The van der Waals surface area contributed by atoms with Crippen molar-refractivity contribution in [2.24, 2.45) is 4.99 Å². The van der Waals surface area contributed by atoms with Crippen molar-refractivity contribution in [1.82, 2.24) is 15.2 Å². The van der Waals surface area contributed by atoms with Crippen LogP contribution in [0.5, 0.6) is 0 Å². The summed E-state index contributed by atoms with van der Waals surface area (Å²) in [7, 11) is 0. The second-order valence-electron chi connectivity index (χ2n) is 8.42. The van der Waals surface area contributed by atoms with Gasteiger partial charge in [-0.1, -0.05) is 17.7 Å². The number of halogens is 2. The van der Waals surface area contributed by atoms with Gasteiger partial charge in [0.05, 0.1) is 24.9 Å². The highest BCUT2D eigenvalue weighted by Crippen LogP contribution is 2.37. The second-order valence-corrected chi connectivity index (χ2v) is 9.72. The van der Waals surface area contributed by atoms with E-state index in [-0.39, 0.29) is 22.8 Å². The quantitative estimate of drug-likeness (QED) is 0.380. The minimum atomic E-state index is -1.01. The molecule has 1 aromatic heterocycles. The maximum Gasteiger partial charge on any atom is 0.338 e. The molecule has 2 N–H and O–H groups in total. The number of hydrogen-bond donors (Lipinski definition) is 2. The Morgan fingerprint density at radius 1 is 1.43 bits per heavy atom. The Labute approximate surface area is 222 Å². The van der Waals surface area contributed by atoms with Gasteiger partial charge in [0.15, 0.2) is 10.8 Å². The van der Waals surface area contributed by atoms with E-state index >= 15 is 0 Å². The number of nitrogens with zero attached hydrogens (tertiary/aromatic N) is 3. The number of esters is 1. The molecule has 12 heteroatoms. The van der Waals surface area contributed by atoms with Crippen LogP contribution in [0.25, 0.3) is 0 Å². The first-order chi connectivity index (χ1) is 17.8. The minimum absolute atomic E-state index is 0.135. The van der Waals surface area contributed by atoms with Crippen LogP contribution in [0.4, 0.5) is 4.39 Å². The van der Waals surface area contributed by atoms with Crippen molar-refractivity contribution >= 4 is 40.7 Å². The van der Waals surface area contributed by atoms with E-state index < -0.39 is 29.9 Å². The first-order valence-corrected chi connectivity index (χ1v) is 12.9. The summed E-state index contributed by atoms with van der Waals surface area (Å²) < 4.78 is 25.0. The van der Waals surface area contributed by atoms with E-state index in [0.717, 1.165) is 0 Å². The van der Waals surface area contributed by atoms with Gasteiger partial charge in [-0.15, -0.1) is 11.3 Å². The third-order valence-electron chi connectivity index (χ3n) is 5.85. The number of carboxylic acid groups (broad SMARTS) is 1. The zero-order chi connectivity index (χ0) is 26.5. The Kier molecular flexibility index (Phi) is 8.70. The molecule has 0 amide bonds. The summed E-state index contributed by atoms with van der Waals surface area (Å²) in [6, 6.07) is 3.11. The molecule has 1 saturated heterocycles. The molecule has 1 aromatic carbocycles. The number of carboxylic acids is 1. The number of benzene rings is 1. The van der Waals surface area contributed by atoms with E-state index in [1.165, 1.54) is 36.5 Å². The number of rotatable bonds is 8. The molecule has 0 spiro atoms. The van der Waals surface area contributed by atoms with Crippen molar-refractivity contribution < 1.29 is 28.6 Å². The van der Waals surface area contributed by atoms with E-state index in [9.17, 15) is 19.1 Å². The number of morpholine rings is 1. The van der Waals surface area contributed by atoms with Crippen LogP contribution in [0.1, 0.15) is 30.5 Å². The van der Waals surface area contributed by atoms with Crippen LogP contribution in [0.15, 0.2) is 57.7 Å². The molecule has 3 heterocycles. The predicted molar refractivity (Wildman–Crippen MR) is 137 cm³/mol. The molecule has 196 valence electrons. The van der Waals surface area contributed by atoms with Gasteiger partial charge in [0.25, 0.3) is 0 Å². The number of aliphatic carboxylic acids is 1. The summed E-state index contributed by atoms with van der Waals surface area (Å²) in [5, 5.41) is 15.1. The summed E-state index contributed by atoms with van der Waals surface area (Å²) in [6.45, 7) is 5.04. The summed E-state index contributed by atoms with van der Waals surface area (Å²) in [5.41, 5.74) is 1.46. The van der Waals surface area contributed by atoms with E-state index in [1.807, 2.05) is 5.38 Å². The Morgan fingerprint density at radius 2 is 2.24 bits per heavy atom. The van der Waals surface area contributed by atoms with Crippen molar-refractivity contribution in [1.29, 1.82) is 0 Å².